The molecule has 0 saturated carbocycles. The first-order valence-electron chi connectivity index (χ1n) is 24.2. The summed E-state index contributed by atoms with van der Waals surface area (Å²) in [6.07, 6.45) is 11.9. The van der Waals surface area contributed by atoms with Gasteiger partial charge in [0.15, 0.2) is 5.65 Å². The van der Waals surface area contributed by atoms with Gasteiger partial charge in [0.2, 0.25) is 23.6 Å². The molecule has 5 heterocycles. The number of benzene rings is 2. The lowest BCUT2D eigenvalue weighted by Gasteiger charge is -2.39. The van der Waals surface area contributed by atoms with Crippen LogP contribution in [0.3, 0.4) is 0 Å². The molecule has 2 saturated heterocycles. The number of para-hydroxylation sites is 1. The monoisotopic (exact) mass is 932 g/mol. The number of aliphatic hydroxyl groups is 1. The Balaban J connectivity index is 0.714. The Hall–Kier alpha value is -5.67. The highest BCUT2D eigenvalue weighted by atomic mass is 32.1. The Morgan fingerprint density at radius 2 is 1.51 bits per heavy atom. The summed E-state index contributed by atoms with van der Waals surface area (Å²) in [5, 5.41) is 36.3. The number of amides is 4. The number of phenols is 1. The van der Waals surface area contributed by atoms with E-state index in [9.17, 15) is 29.4 Å². The van der Waals surface area contributed by atoms with Crippen LogP contribution in [0.4, 0.5) is 0 Å². The molecule has 14 nitrogen and oxygen atoms in total. The Bertz CT molecular complexity index is 2460. The number of hydrogen-bond donors (Lipinski definition) is 5. The maximum absolute atomic E-state index is 14.0. The largest absolute Gasteiger partial charge is 0.507 e. The van der Waals surface area contributed by atoms with Crippen LogP contribution in [0.15, 0.2) is 66.2 Å². The molecule has 2 aliphatic heterocycles. The van der Waals surface area contributed by atoms with Crippen molar-refractivity contribution in [3.8, 4) is 27.4 Å². The van der Waals surface area contributed by atoms with Crippen LogP contribution in [0.2, 0.25) is 0 Å². The molecule has 0 aliphatic carbocycles. The molecule has 7 rings (SSSR count). The predicted octanol–water partition coefficient (Wildman–Crippen LogP) is 8.57. The lowest BCUT2D eigenvalue weighted by molar-refractivity contribution is -0.144. The van der Waals surface area contributed by atoms with Crippen LogP contribution in [-0.4, -0.2) is 102 Å². The number of thiazole rings is 1. The molecule has 0 radical (unpaired) electrons. The number of nitrogens with one attached hydrogen (secondary N) is 3. The number of nitrogens with zero attached hydrogens (tertiary/aromatic N) is 5. The van der Waals surface area contributed by atoms with Gasteiger partial charge in [-0.05, 0) is 60.6 Å². The third-order valence-electron chi connectivity index (χ3n) is 13.3. The fourth-order valence-electron chi connectivity index (χ4n) is 9.20. The number of aromatic hydroxyl groups is 1. The third kappa shape index (κ3) is 13.1. The van der Waals surface area contributed by atoms with Crippen molar-refractivity contribution in [3.05, 3.63) is 83.1 Å². The summed E-state index contributed by atoms with van der Waals surface area (Å²) >= 11 is 1.59. The molecule has 3 atom stereocenters. The second-order valence-electron chi connectivity index (χ2n) is 19.6. The van der Waals surface area contributed by atoms with E-state index in [0.717, 1.165) is 84.1 Å². The number of β-amino-alcohol motifs (C(OH)–C–C–N with tert-alkyl or cyclic N) is 1. The van der Waals surface area contributed by atoms with E-state index in [4.69, 9.17) is 0 Å². The van der Waals surface area contributed by atoms with Crippen LogP contribution in [0.1, 0.15) is 134 Å². The summed E-state index contributed by atoms with van der Waals surface area (Å²) in [5.74, 6) is -0.198. The first-order valence-corrected chi connectivity index (χ1v) is 25.1. The average molecular weight is 933 g/mol. The first-order chi connectivity index (χ1) is 32.2. The smallest absolute Gasteiger partial charge is 0.246 e. The second kappa shape index (κ2) is 22.9. The van der Waals surface area contributed by atoms with Gasteiger partial charge in [0.25, 0.3) is 0 Å². The standard InChI is InChI=1S/C52H68N8O6S/c1-34-47(67-33-54-34)36-24-22-35(23-25-36)29-53-50(65)43-28-39(61)32-60(43)51(66)48(52(2,3)4)56-45(63)20-14-12-10-8-6-5-7-9-11-13-15-21-46(64)59-30-38(31-59)41-26-37-27-42(57-58-49(37)55-41)40-18-16-17-19-44(40)62/h16-19,22-27,33,38-39,43,48,61-62H,5-15,20-21,28-32H2,1-4H3,(H,53,65)(H,55,58)(H,56,63)/t39-,43+,48-/m1/s1. The van der Waals surface area contributed by atoms with Crippen molar-refractivity contribution >= 4 is 46.0 Å². The van der Waals surface area contributed by atoms with E-state index in [0.29, 0.717) is 49.4 Å². The average Bonchev–Trinajstić information content (AvgIpc) is 4.03. The van der Waals surface area contributed by atoms with Crippen molar-refractivity contribution in [1.82, 2.24) is 40.6 Å². The zero-order chi connectivity index (χ0) is 47.5. The molecule has 67 heavy (non-hydrogen) atoms. The van der Waals surface area contributed by atoms with Gasteiger partial charge in [0.1, 0.15) is 17.8 Å². The van der Waals surface area contributed by atoms with E-state index in [2.05, 4.69) is 36.9 Å². The van der Waals surface area contributed by atoms with Crippen molar-refractivity contribution in [3.63, 3.8) is 0 Å². The second-order valence-corrected chi connectivity index (χ2v) is 20.5. The van der Waals surface area contributed by atoms with Gasteiger partial charge < -0.3 is 35.6 Å². The van der Waals surface area contributed by atoms with E-state index in [1.165, 1.54) is 24.2 Å². The number of aromatic amines is 1. The highest BCUT2D eigenvalue weighted by Gasteiger charge is 2.44. The predicted molar refractivity (Wildman–Crippen MR) is 262 cm³/mol. The number of H-pyrrole nitrogens is 1. The molecule has 0 bridgehead atoms. The van der Waals surface area contributed by atoms with Gasteiger partial charge in [-0.3, -0.25) is 19.2 Å². The number of unbranched alkanes of at least 4 members (excludes halogenated alkanes) is 10. The molecule has 0 spiro atoms. The number of likely N-dealkylation sites (tertiary alicyclic amines) is 2. The van der Waals surface area contributed by atoms with Crippen molar-refractivity contribution in [2.45, 2.75) is 148 Å². The number of carbonyl (C=O) groups is 4. The molecule has 4 amide bonds. The number of aliphatic hydroxyl groups excluding tert-OH is 1. The maximum atomic E-state index is 14.0. The molecular formula is C52H68N8O6S. The Morgan fingerprint density at radius 1 is 0.851 bits per heavy atom. The quantitative estimate of drug-likeness (QED) is 0.0423. The van der Waals surface area contributed by atoms with Crippen molar-refractivity contribution < 1.29 is 29.4 Å². The molecular weight excluding hydrogens is 865 g/mol. The Morgan fingerprint density at radius 3 is 2.15 bits per heavy atom. The first kappa shape index (κ1) is 49.2. The molecule has 5 N–H and O–H groups in total. The van der Waals surface area contributed by atoms with E-state index in [-0.39, 0.29) is 48.3 Å². The molecule has 0 unspecified atom stereocenters. The SMILES string of the molecule is Cc1ncsc1-c1ccc(CNC(=O)[C@@H]2C[C@@H](O)CN2C(=O)[C@@H](NC(=O)CCCCCCCCCCCCCC(=O)N2CC(c3cc4cc(-c5ccccc5O)nnc4[nH]3)C2)C(C)(C)C)cc1. The number of phenolic OH excluding ortho intramolecular Hbond substituents is 1. The zero-order valence-corrected chi connectivity index (χ0v) is 40.4. The number of carbonyl (C=O) groups excluding carboxylic acids is 4. The minimum Gasteiger partial charge on any atom is -0.507 e. The van der Waals surface area contributed by atoms with E-state index in [1.807, 2.05) is 80.6 Å². The van der Waals surface area contributed by atoms with E-state index < -0.39 is 23.6 Å². The number of hydrogen-bond acceptors (Lipinski definition) is 10. The molecule has 2 aliphatic rings. The van der Waals surface area contributed by atoms with E-state index >= 15 is 0 Å². The number of aromatic nitrogens is 4. The third-order valence-corrected chi connectivity index (χ3v) is 14.2. The van der Waals surface area contributed by atoms with Crippen LogP contribution >= 0.6 is 11.3 Å². The summed E-state index contributed by atoms with van der Waals surface area (Å²) in [4.78, 5) is 65.6. The van der Waals surface area contributed by atoms with Gasteiger partial charge in [0, 0.05) is 68.0 Å². The van der Waals surface area contributed by atoms with Crippen molar-refractivity contribution in [2.75, 3.05) is 19.6 Å². The fraction of sp³-hybridized carbons (Fsp3) is 0.519. The van der Waals surface area contributed by atoms with E-state index in [1.54, 1.807) is 23.5 Å². The van der Waals surface area contributed by atoms with Gasteiger partial charge in [-0.1, -0.05) is 115 Å². The summed E-state index contributed by atoms with van der Waals surface area (Å²) in [6, 6.07) is 17.4. The maximum Gasteiger partial charge on any atom is 0.246 e. The summed E-state index contributed by atoms with van der Waals surface area (Å²) in [6.45, 7) is 9.43. The lowest BCUT2D eigenvalue weighted by atomic mass is 9.85. The minimum absolute atomic E-state index is 0.0428. The molecule has 15 heteroatoms. The number of fused-ring (bicyclic) bond motifs is 1. The Labute approximate surface area is 398 Å². The highest BCUT2D eigenvalue weighted by Crippen LogP contribution is 2.33. The summed E-state index contributed by atoms with van der Waals surface area (Å²) < 4.78 is 0. The number of aryl methyl sites for hydroxylation is 1. The van der Waals surface area contributed by atoms with Crippen LogP contribution in [0, 0.1) is 12.3 Å². The van der Waals surface area contributed by atoms with Crippen LogP contribution in [0.25, 0.3) is 32.7 Å². The highest BCUT2D eigenvalue weighted by molar-refractivity contribution is 7.13. The van der Waals surface area contributed by atoms with Gasteiger partial charge in [-0.25, -0.2) is 4.98 Å². The molecule has 2 fully saturated rings. The number of rotatable bonds is 22. The Kier molecular flexibility index (Phi) is 16.8. The molecule has 5 aromatic rings. The molecule has 2 aromatic carbocycles. The lowest BCUT2D eigenvalue weighted by Crippen LogP contribution is -2.57. The van der Waals surface area contributed by atoms with Gasteiger partial charge in [0.05, 0.1) is 27.9 Å². The molecule has 358 valence electrons. The van der Waals surface area contributed by atoms with Gasteiger partial charge >= 0.3 is 0 Å². The van der Waals surface area contributed by atoms with Gasteiger partial charge in [-0.2, -0.15) is 0 Å². The van der Waals surface area contributed by atoms with Crippen molar-refractivity contribution in [2.24, 2.45) is 5.41 Å². The normalized spacial score (nSPS) is 16.9. The fourth-order valence-corrected chi connectivity index (χ4v) is 10.0. The molecule has 3 aromatic heterocycles. The van der Waals surface area contributed by atoms with Crippen LogP contribution < -0.4 is 10.6 Å². The summed E-state index contributed by atoms with van der Waals surface area (Å²) in [5.41, 5.74) is 7.22. The van der Waals surface area contributed by atoms with Gasteiger partial charge in [-0.15, -0.1) is 21.5 Å². The van der Waals surface area contributed by atoms with Crippen LogP contribution in [0.5, 0.6) is 5.75 Å². The zero-order valence-electron chi connectivity index (χ0n) is 39.6. The topological polar surface area (TPSA) is 194 Å². The van der Waals surface area contributed by atoms with Crippen molar-refractivity contribution in [1.29, 1.82) is 0 Å². The minimum atomic E-state index is -0.834. The van der Waals surface area contributed by atoms with Crippen LogP contribution in [-0.2, 0) is 25.7 Å². The summed E-state index contributed by atoms with van der Waals surface area (Å²) in [7, 11) is 0.